The Labute approximate surface area is 230 Å². The molecule has 0 unspecified atom stereocenters. The van der Waals surface area contributed by atoms with Crippen molar-refractivity contribution < 1.29 is 28.3 Å². The Balaban J connectivity index is 1.32. The molecule has 3 aromatic rings. The number of rotatable bonds is 8. The van der Waals surface area contributed by atoms with E-state index >= 15 is 0 Å². The van der Waals surface area contributed by atoms with Gasteiger partial charge in [0.05, 0.1) is 23.1 Å². The molecule has 0 spiro atoms. The van der Waals surface area contributed by atoms with Crippen LogP contribution in [-0.4, -0.2) is 35.6 Å². The van der Waals surface area contributed by atoms with Crippen LogP contribution in [0.1, 0.15) is 57.9 Å². The van der Waals surface area contributed by atoms with Crippen LogP contribution >= 0.6 is 11.6 Å². The molecule has 1 aliphatic heterocycles. The Morgan fingerprint density at radius 1 is 0.897 bits per heavy atom. The third-order valence-electron chi connectivity index (χ3n) is 7.58. The third kappa shape index (κ3) is 5.50. The van der Waals surface area contributed by atoms with Gasteiger partial charge in [-0.15, -0.1) is 11.6 Å². The Morgan fingerprint density at radius 2 is 1.62 bits per heavy atom. The normalized spacial score (nSPS) is 21.4. The lowest BCUT2D eigenvalue weighted by Crippen LogP contribution is -2.31. The molecule has 0 radical (unpaired) electrons. The van der Waals surface area contributed by atoms with Gasteiger partial charge in [-0.3, -0.25) is 19.3 Å². The van der Waals surface area contributed by atoms with Crippen LogP contribution in [0.15, 0.2) is 78.9 Å². The highest BCUT2D eigenvalue weighted by molar-refractivity contribution is 6.22. The number of esters is 1. The average Bonchev–Trinajstić information content (AvgIpc) is 3.22. The molecule has 0 aromatic heterocycles. The van der Waals surface area contributed by atoms with Crippen molar-refractivity contribution >= 4 is 40.9 Å². The summed E-state index contributed by atoms with van der Waals surface area (Å²) in [6, 6.07) is 21.1. The van der Waals surface area contributed by atoms with E-state index < -0.39 is 29.6 Å². The van der Waals surface area contributed by atoms with Gasteiger partial charge in [-0.25, -0.2) is 9.18 Å². The monoisotopic (exact) mass is 547 g/mol. The highest BCUT2D eigenvalue weighted by Crippen LogP contribution is 2.45. The van der Waals surface area contributed by atoms with Crippen LogP contribution in [0.25, 0.3) is 0 Å². The first-order valence-electron chi connectivity index (χ1n) is 13.0. The number of ketones is 1. The molecule has 1 aliphatic carbocycles. The Kier molecular flexibility index (Phi) is 7.89. The Hall–Kier alpha value is -3.84. The first-order chi connectivity index (χ1) is 18.9. The number of alkyl halides is 1. The number of carbonyl (C=O) groups is 4. The fourth-order valence-electron chi connectivity index (χ4n) is 5.57. The molecule has 4 atom stereocenters. The van der Waals surface area contributed by atoms with Crippen LogP contribution in [0.5, 0.6) is 0 Å². The van der Waals surface area contributed by atoms with Crippen LogP contribution in [0.4, 0.5) is 10.1 Å². The summed E-state index contributed by atoms with van der Waals surface area (Å²) in [7, 11) is 0. The molecule has 5 rings (SSSR count). The van der Waals surface area contributed by atoms with Crippen molar-refractivity contribution in [3.63, 3.8) is 0 Å². The van der Waals surface area contributed by atoms with Crippen molar-refractivity contribution in [3.8, 4) is 0 Å². The average molecular weight is 548 g/mol. The highest BCUT2D eigenvalue weighted by Gasteiger charge is 2.50. The van der Waals surface area contributed by atoms with Crippen molar-refractivity contribution in [2.24, 2.45) is 11.8 Å². The number of benzene rings is 3. The lowest BCUT2D eigenvalue weighted by atomic mass is 9.73. The summed E-state index contributed by atoms with van der Waals surface area (Å²) in [5, 5.41) is 0. The van der Waals surface area contributed by atoms with Crippen molar-refractivity contribution in [1.29, 1.82) is 0 Å². The first-order valence-corrected chi connectivity index (χ1v) is 13.5. The van der Waals surface area contributed by atoms with Gasteiger partial charge in [-0.05, 0) is 73.2 Å². The van der Waals surface area contributed by atoms with Crippen LogP contribution in [0.3, 0.4) is 0 Å². The fourth-order valence-corrected chi connectivity index (χ4v) is 5.77. The maximum absolute atomic E-state index is 13.4. The first kappa shape index (κ1) is 26.8. The summed E-state index contributed by atoms with van der Waals surface area (Å²) in [5.74, 6) is -2.81. The Morgan fingerprint density at radius 3 is 2.33 bits per heavy atom. The highest BCUT2D eigenvalue weighted by atomic mass is 35.5. The van der Waals surface area contributed by atoms with Gasteiger partial charge in [-0.2, -0.15) is 0 Å². The second-order valence-electron chi connectivity index (χ2n) is 9.94. The van der Waals surface area contributed by atoms with Crippen molar-refractivity contribution in [2.75, 3.05) is 10.8 Å². The number of nitrogens with zero attached hydrogens (tertiary/aromatic N) is 1. The molecule has 0 bridgehead atoms. The van der Waals surface area contributed by atoms with Crippen molar-refractivity contribution in [3.05, 3.63) is 101 Å². The number of hydrogen-bond donors (Lipinski definition) is 0. The largest absolute Gasteiger partial charge is 0.450 e. The van der Waals surface area contributed by atoms with Gasteiger partial charge in [0.1, 0.15) is 5.82 Å². The number of fused-ring (bicyclic) bond motifs is 1. The van der Waals surface area contributed by atoms with E-state index in [1.807, 2.05) is 18.2 Å². The fraction of sp³-hybridized carbons (Fsp3) is 0.290. The molecule has 3 aromatic carbocycles. The van der Waals surface area contributed by atoms with E-state index in [0.717, 1.165) is 18.6 Å². The predicted molar refractivity (Wildman–Crippen MR) is 144 cm³/mol. The zero-order valence-electron chi connectivity index (χ0n) is 21.1. The quantitative estimate of drug-likeness (QED) is 0.151. The summed E-state index contributed by atoms with van der Waals surface area (Å²) in [6.07, 6.45) is 0.950. The number of Topliss-reactive ketones (excluding diaryl/α,β-unsaturated/α-hetero) is 1. The van der Waals surface area contributed by atoms with E-state index in [1.54, 1.807) is 12.1 Å². The molecule has 1 saturated carbocycles. The zero-order valence-corrected chi connectivity index (χ0v) is 21.9. The number of hydrogen-bond acceptors (Lipinski definition) is 5. The van der Waals surface area contributed by atoms with Gasteiger partial charge in [0.25, 0.3) is 0 Å². The standard InChI is InChI=1S/C31H27ClFNO5/c32-16-15-27(28(35)20-9-12-23(33)13-10-20)39-31(38)22-7-4-8-24(17-22)34-29(36)25-14-11-21(18-26(25)30(34)37)19-5-2-1-3-6-19/h1-10,12-13,17,21,25-27H,11,14-16,18H2/t21-,25+,26+,27-/m0/s1. The van der Waals surface area contributed by atoms with E-state index in [1.165, 1.54) is 34.7 Å². The number of carbonyl (C=O) groups excluding carboxylic acids is 4. The summed E-state index contributed by atoms with van der Waals surface area (Å²) in [4.78, 5) is 53.9. The summed E-state index contributed by atoms with van der Waals surface area (Å²) >= 11 is 5.85. The summed E-state index contributed by atoms with van der Waals surface area (Å²) < 4.78 is 18.8. The number of halogens is 2. The van der Waals surface area contributed by atoms with E-state index in [4.69, 9.17) is 16.3 Å². The van der Waals surface area contributed by atoms with Crippen LogP contribution < -0.4 is 4.90 Å². The maximum Gasteiger partial charge on any atom is 0.338 e. The van der Waals surface area contributed by atoms with Crippen LogP contribution in [0.2, 0.25) is 0 Å². The molecule has 1 heterocycles. The minimum Gasteiger partial charge on any atom is -0.450 e. The summed E-state index contributed by atoms with van der Waals surface area (Å²) in [5.41, 5.74) is 1.75. The molecule has 8 heteroatoms. The number of amides is 2. The second kappa shape index (κ2) is 11.5. The SMILES string of the molecule is O=C(O[C@@H](CCCl)C(=O)c1ccc(F)cc1)c1cccc(N2C(=O)[C@@H]3CC[C@H](c4ccccc4)C[C@H]3C2=O)c1. The molecule has 2 aliphatic rings. The topological polar surface area (TPSA) is 80.8 Å². The van der Waals surface area contributed by atoms with Crippen LogP contribution in [0, 0.1) is 17.7 Å². The van der Waals surface area contributed by atoms with Gasteiger partial charge in [0, 0.05) is 17.9 Å². The molecular weight excluding hydrogens is 521 g/mol. The second-order valence-corrected chi connectivity index (χ2v) is 10.3. The molecule has 6 nitrogen and oxygen atoms in total. The number of anilines is 1. The third-order valence-corrected chi connectivity index (χ3v) is 7.80. The molecule has 0 N–H and O–H groups in total. The van der Waals surface area contributed by atoms with Gasteiger partial charge in [-0.1, -0.05) is 36.4 Å². The molecule has 39 heavy (non-hydrogen) atoms. The Bertz CT molecular complexity index is 1390. The van der Waals surface area contributed by atoms with Crippen molar-refractivity contribution in [1.82, 2.24) is 0 Å². The molecule has 2 fully saturated rings. The lowest BCUT2D eigenvalue weighted by molar-refractivity contribution is -0.122. The van der Waals surface area contributed by atoms with E-state index in [0.29, 0.717) is 18.5 Å². The maximum atomic E-state index is 13.4. The predicted octanol–water partition coefficient (Wildman–Crippen LogP) is 5.94. The minimum atomic E-state index is -1.17. The molecule has 200 valence electrons. The van der Waals surface area contributed by atoms with E-state index in [2.05, 4.69) is 12.1 Å². The van der Waals surface area contributed by atoms with Gasteiger partial charge < -0.3 is 4.74 Å². The van der Waals surface area contributed by atoms with E-state index in [-0.39, 0.29) is 47.1 Å². The summed E-state index contributed by atoms with van der Waals surface area (Å²) in [6.45, 7) is 0. The number of imide groups is 1. The van der Waals surface area contributed by atoms with Gasteiger partial charge in [0.2, 0.25) is 17.6 Å². The minimum absolute atomic E-state index is 0.0639. The molecular formula is C31H27ClFNO5. The van der Waals surface area contributed by atoms with Crippen molar-refractivity contribution in [2.45, 2.75) is 37.7 Å². The lowest BCUT2D eigenvalue weighted by Gasteiger charge is -2.28. The smallest absolute Gasteiger partial charge is 0.338 e. The zero-order chi connectivity index (χ0) is 27.5. The number of ether oxygens (including phenoxy) is 1. The van der Waals surface area contributed by atoms with Gasteiger partial charge >= 0.3 is 5.97 Å². The van der Waals surface area contributed by atoms with E-state index in [9.17, 15) is 23.6 Å². The van der Waals surface area contributed by atoms with Crippen LogP contribution in [-0.2, 0) is 14.3 Å². The van der Waals surface area contributed by atoms with Gasteiger partial charge in [0.15, 0.2) is 6.10 Å². The molecule has 1 saturated heterocycles. The molecule has 2 amide bonds.